The number of ether oxygens (including phenoxy) is 4. The Kier molecular flexibility index (Phi) is 6.32. The Bertz CT molecular complexity index is 1510. The second-order valence-electron chi connectivity index (χ2n) is 8.10. The molecule has 36 heavy (non-hydrogen) atoms. The van der Waals surface area contributed by atoms with Crippen molar-refractivity contribution < 1.29 is 28.2 Å². The molecular weight excluding hydrogens is 530 g/mol. The number of anilines is 1. The maximum absolute atomic E-state index is 13.6. The number of carbonyl (C=O) groups excluding carboxylic acids is 1. The first-order chi connectivity index (χ1) is 17.4. The van der Waals surface area contributed by atoms with Gasteiger partial charge in [-0.15, -0.1) is 0 Å². The lowest BCUT2D eigenvalue weighted by Crippen LogP contribution is -2.35. The number of para-hydroxylation sites is 1. The second kappa shape index (κ2) is 9.58. The number of benzene rings is 3. The van der Waals surface area contributed by atoms with Gasteiger partial charge in [-0.2, -0.15) is 0 Å². The van der Waals surface area contributed by atoms with Gasteiger partial charge in [0.05, 0.1) is 42.7 Å². The molecule has 1 aliphatic rings. The summed E-state index contributed by atoms with van der Waals surface area (Å²) in [6.07, 6.45) is -1.05. The van der Waals surface area contributed by atoms with Crippen molar-refractivity contribution in [2.24, 2.45) is 0 Å². The molecule has 1 N–H and O–H groups in total. The maximum Gasteiger partial charge on any atom is 0.344 e. The first-order valence-electron chi connectivity index (χ1n) is 11.0. The topological polar surface area (TPSA) is 96.2 Å². The summed E-state index contributed by atoms with van der Waals surface area (Å²) >= 11 is 3.51. The highest BCUT2D eigenvalue weighted by Crippen LogP contribution is 2.47. The molecule has 0 saturated carbocycles. The summed E-state index contributed by atoms with van der Waals surface area (Å²) in [5, 5.41) is 3.49. The van der Waals surface area contributed by atoms with E-state index in [4.69, 9.17) is 23.4 Å². The van der Waals surface area contributed by atoms with Gasteiger partial charge in [0.2, 0.25) is 0 Å². The summed E-state index contributed by atoms with van der Waals surface area (Å²) in [6.45, 7) is 0. The number of fused-ring (bicyclic) bond motifs is 3. The Morgan fingerprint density at radius 2 is 1.72 bits per heavy atom. The van der Waals surface area contributed by atoms with E-state index in [2.05, 4.69) is 21.2 Å². The number of rotatable bonds is 6. The van der Waals surface area contributed by atoms with Crippen molar-refractivity contribution >= 4 is 38.5 Å². The van der Waals surface area contributed by atoms with Crippen molar-refractivity contribution in [2.45, 2.75) is 12.0 Å². The van der Waals surface area contributed by atoms with Crippen LogP contribution in [0, 0.1) is 0 Å². The van der Waals surface area contributed by atoms with E-state index in [0.717, 1.165) is 0 Å². The molecule has 0 aliphatic carbocycles. The van der Waals surface area contributed by atoms with Gasteiger partial charge in [0.1, 0.15) is 17.1 Å². The number of carbonyl (C=O) groups is 1. The fourth-order valence-electron chi connectivity index (χ4n) is 4.43. The standard InChI is InChI=1S/C27H22BrNO7/c1-32-16-10-8-15(9-11-16)29-26(30)25-21(14-12-18(28)24(34-3)20(13-14)33-2)22-23(36-25)17-6-4-5-7-19(17)35-27(22)31/h4-13,21,25H,1-3H3,(H,29,30)/t21-,25-/m1/s1. The number of hydrogen-bond acceptors (Lipinski definition) is 7. The Morgan fingerprint density at radius 1 is 0.972 bits per heavy atom. The second-order valence-corrected chi connectivity index (χ2v) is 8.95. The van der Waals surface area contributed by atoms with Gasteiger partial charge in [0.15, 0.2) is 17.6 Å². The van der Waals surface area contributed by atoms with Crippen LogP contribution in [0.15, 0.2) is 74.3 Å². The zero-order valence-electron chi connectivity index (χ0n) is 19.7. The highest BCUT2D eigenvalue weighted by molar-refractivity contribution is 9.10. The largest absolute Gasteiger partial charge is 0.497 e. The van der Waals surface area contributed by atoms with Crippen molar-refractivity contribution in [1.82, 2.24) is 0 Å². The average Bonchev–Trinajstić information content (AvgIpc) is 3.30. The molecule has 184 valence electrons. The zero-order valence-corrected chi connectivity index (χ0v) is 21.2. The molecule has 9 heteroatoms. The lowest BCUT2D eigenvalue weighted by atomic mass is 9.88. The minimum atomic E-state index is -1.05. The van der Waals surface area contributed by atoms with Crippen LogP contribution < -0.4 is 29.9 Å². The van der Waals surface area contributed by atoms with Gasteiger partial charge in [0, 0.05) is 5.69 Å². The quantitative estimate of drug-likeness (QED) is 0.332. The fraction of sp³-hybridized carbons (Fsp3) is 0.185. The smallest absolute Gasteiger partial charge is 0.344 e. The molecule has 1 amide bonds. The zero-order chi connectivity index (χ0) is 25.4. The molecule has 0 unspecified atom stereocenters. The minimum Gasteiger partial charge on any atom is -0.497 e. The summed E-state index contributed by atoms with van der Waals surface area (Å²) in [7, 11) is 4.62. The van der Waals surface area contributed by atoms with Crippen molar-refractivity contribution in [3.63, 3.8) is 0 Å². The van der Waals surface area contributed by atoms with Crippen LogP contribution in [0.2, 0.25) is 0 Å². The van der Waals surface area contributed by atoms with Crippen molar-refractivity contribution in [1.29, 1.82) is 0 Å². The highest BCUT2D eigenvalue weighted by atomic mass is 79.9. The van der Waals surface area contributed by atoms with Gasteiger partial charge in [-0.05, 0) is 70.0 Å². The molecule has 0 saturated heterocycles. The van der Waals surface area contributed by atoms with Crippen molar-refractivity contribution in [3.8, 4) is 23.0 Å². The Morgan fingerprint density at radius 3 is 2.42 bits per heavy atom. The van der Waals surface area contributed by atoms with Crippen LogP contribution in [-0.2, 0) is 4.79 Å². The molecule has 2 atom stereocenters. The lowest BCUT2D eigenvalue weighted by Gasteiger charge is -2.20. The third-order valence-corrected chi connectivity index (χ3v) is 6.68. The third kappa shape index (κ3) is 4.05. The van der Waals surface area contributed by atoms with Crippen LogP contribution in [0.4, 0.5) is 5.69 Å². The van der Waals surface area contributed by atoms with Gasteiger partial charge in [-0.1, -0.05) is 12.1 Å². The molecule has 1 aromatic heterocycles. The predicted octanol–water partition coefficient (Wildman–Crippen LogP) is 5.11. The number of halogens is 1. The molecule has 1 aliphatic heterocycles. The van der Waals surface area contributed by atoms with Crippen LogP contribution in [0.3, 0.4) is 0 Å². The van der Waals surface area contributed by atoms with E-state index in [9.17, 15) is 9.59 Å². The highest BCUT2D eigenvalue weighted by Gasteiger charge is 2.44. The maximum atomic E-state index is 13.6. The predicted molar refractivity (Wildman–Crippen MR) is 138 cm³/mol. The normalized spacial score (nSPS) is 16.2. The molecule has 0 fully saturated rings. The number of nitrogens with one attached hydrogen (secondary N) is 1. The van der Waals surface area contributed by atoms with Gasteiger partial charge >= 0.3 is 5.63 Å². The van der Waals surface area contributed by atoms with E-state index in [0.29, 0.717) is 49.7 Å². The fourth-order valence-corrected chi connectivity index (χ4v) is 5.05. The Labute approximate surface area is 214 Å². The minimum absolute atomic E-state index is 0.266. The van der Waals surface area contributed by atoms with Gasteiger partial charge in [-0.25, -0.2) is 4.79 Å². The van der Waals surface area contributed by atoms with E-state index in [1.165, 1.54) is 14.2 Å². The van der Waals surface area contributed by atoms with Crippen LogP contribution >= 0.6 is 15.9 Å². The lowest BCUT2D eigenvalue weighted by molar-refractivity contribution is -0.122. The molecule has 0 spiro atoms. The van der Waals surface area contributed by atoms with Crippen molar-refractivity contribution in [3.05, 3.63) is 86.7 Å². The molecule has 4 aromatic rings. The van der Waals surface area contributed by atoms with Crippen LogP contribution in [0.1, 0.15) is 17.0 Å². The molecule has 3 aromatic carbocycles. The monoisotopic (exact) mass is 551 g/mol. The average molecular weight is 552 g/mol. The summed E-state index contributed by atoms with van der Waals surface area (Å²) in [5.74, 6) is 0.730. The molecule has 2 heterocycles. The molecule has 5 rings (SSSR count). The van der Waals surface area contributed by atoms with Crippen LogP contribution in [0.5, 0.6) is 23.0 Å². The molecular formula is C27H22BrNO7. The Hall–Kier alpha value is -3.98. The Balaban J connectivity index is 1.65. The van der Waals surface area contributed by atoms with Crippen LogP contribution in [-0.4, -0.2) is 33.3 Å². The number of hydrogen-bond donors (Lipinski definition) is 1. The molecule has 0 radical (unpaired) electrons. The summed E-state index contributed by atoms with van der Waals surface area (Å²) in [6, 6.07) is 17.5. The SMILES string of the molecule is COc1ccc(NC(=O)[C@@H]2Oc3c(c(=O)oc4ccccc34)[C@H]2c2cc(Br)c(OC)c(OC)c2)cc1. The van der Waals surface area contributed by atoms with E-state index in [1.807, 2.05) is 6.07 Å². The van der Waals surface area contributed by atoms with E-state index in [1.54, 1.807) is 61.7 Å². The third-order valence-electron chi connectivity index (χ3n) is 6.09. The number of methoxy groups -OCH3 is 3. The van der Waals surface area contributed by atoms with E-state index < -0.39 is 23.6 Å². The molecule has 8 nitrogen and oxygen atoms in total. The van der Waals surface area contributed by atoms with E-state index >= 15 is 0 Å². The molecule has 0 bridgehead atoms. The van der Waals surface area contributed by atoms with Crippen LogP contribution in [0.25, 0.3) is 11.0 Å². The van der Waals surface area contributed by atoms with Crippen molar-refractivity contribution in [2.75, 3.05) is 26.6 Å². The van der Waals surface area contributed by atoms with E-state index in [-0.39, 0.29) is 5.56 Å². The number of amides is 1. The summed E-state index contributed by atoms with van der Waals surface area (Å²) in [5.41, 5.74) is 1.26. The first kappa shape index (κ1) is 23.7. The first-order valence-corrected chi connectivity index (χ1v) is 11.8. The van der Waals surface area contributed by atoms with Gasteiger partial charge in [0.25, 0.3) is 5.91 Å². The van der Waals surface area contributed by atoms with Gasteiger partial charge in [-0.3, -0.25) is 4.79 Å². The summed E-state index contributed by atoms with van der Waals surface area (Å²) < 4.78 is 28.6. The summed E-state index contributed by atoms with van der Waals surface area (Å²) in [4.78, 5) is 26.8. The van der Waals surface area contributed by atoms with Gasteiger partial charge < -0.3 is 28.7 Å².